The number of carbonyl (C=O) groups is 1. The number of hydrogen-bond donors (Lipinski definition) is 3. The number of amides is 1. The molecule has 0 aromatic heterocycles. The van der Waals surface area contributed by atoms with Crippen LogP contribution in [0.1, 0.15) is 51.0 Å². The predicted octanol–water partition coefficient (Wildman–Crippen LogP) is 2.80. The highest BCUT2D eigenvalue weighted by atomic mass is 127. The van der Waals surface area contributed by atoms with E-state index in [1.165, 1.54) is 5.56 Å². The van der Waals surface area contributed by atoms with E-state index in [1.54, 1.807) is 0 Å². The molecule has 2 heterocycles. The zero-order chi connectivity index (χ0) is 22.6. The average Bonchev–Trinajstić information content (AvgIpc) is 2.81. The first-order valence-electron chi connectivity index (χ1n) is 12.5. The first kappa shape index (κ1) is 27.9. The maximum absolute atomic E-state index is 11.3. The minimum Gasteiger partial charge on any atom is -0.369 e. The van der Waals surface area contributed by atoms with Gasteiger partial charge in [0.05, 0.1) is 0 Å². The molecule has 2 fully saturated rings. The summed E-state index contributed by atoms with van der Waals surface area (Å²) in [7, 11) is 0. The van der Waals surface area contributed by atoms with Gasteiger partial charge in [0.15, 0.2) is 5.96 Å². The van der Waals surface area contributed by atoms with E-state index < -0.39 is 0 Å². The summed E-state index contributed by atoms with van der Waals surface area (Å²) in [4.78, 5) is 21.1. The van der Waals surface area contributed by atoms with Crippen LogP contribution in [0.5, 0.6) is 0 Å². The number of carbonyl (C=O) groups excluding carboxylic acids is 1. The summed E-state index contributed by atoms with van der Waals surface area (Å²) >= 11 is 0. The molecule has 1 aromatic carbocycles. The topological polar surface area (TPSA) is 86.0 Å². The largest absolute Gasteiger partial charge is 0.369 e. The highest BCUT2D eigenvalue weighted by molar-refractivity contribution is 14.0. The highest BCUT2D eigenvalue weighted by Crippen LogP contribution is 2.17. The molecule has 186 valence electrons. The molecule has 0 saturated carbocycles. The molecule has 7 nitrogen and oxygen atoms in total. The van der Waals surface area contributed by atoms with Crippen molar-refractivity contribution in [2.24, 2.45) is 16.6 Å². The van der Waals surface area contributed by atoms with E-state index in [9.17, 15) is 4.79 Å². The molecule has 2 aliphatic heterocycles. The second-order valence-corrected chi connectivity index (χ2v) is 9.17. The molecule has 0 radical (unpaired) electrons. The average molecular weight is 571 g/mol. The number of likely N-dealkylation sites (tertiary alicyclic amines) is 2. The third kappa shape index (κ3) is 10.2. The van der Waals surface area contributed by atoms with Gasteiger partial charge in [0, 0.05) is 44.7 Å². The quantitative estimate of drug-likeness (QED) is 0.174. The number of hydrogen-bond acceptors (Lipinski definition) is 4. The van der Waals surface area contributed by atoms with Crippen LogP contribution in [0.4, 0.5) is 0 Å². The van der Waals surface area contributed by atoms with Gasteiger partial charge in [-0.15, -0.1) is 24.0 Å². The van der Waals surface area contributed by atoms with Gasteiger partial charge in [-0.05, 0) is 70.6 Å². The molecule has 0 aliphatic carbocycles. The second-order valence-electron chi connectivity index (χ2n) is 9.17. The first-order valence-corrected chi connectivity index (χ1v) is 12.5. The number of guanidine groups is 1. The van der Waals surface area contributed by atoms with Crippen molar-refractivity contribution in [1.29, 1.82) is 0 Å². The third-order valence-electron chi connectivity index (χ3n) is 6.66. The van der Waals surface area contributed by atoms with Crippen molar-refractivity contribution in [3.8, 4) is 0 Å². The minimum absolute atomic E-state index is 0. The summed E-state index contributed by atoms with van der Waals surface area (Å²) in [5.41, 5.74) is 6.82. The van der Waals surface area contributed by atoms with Crippen LogP contribution in [-0.4, -0.2) is 73.5 Å². The van der Waals surface area contributed by atoms with Gasteiger partial charge >= 0.3 is 0 Å². The molecule has 0 atom stereocenters. The van der Waals surface area contributed by atoms with Gasteiger partial charge in [-0.1, -0.05) is 30.3 Å². The fraction of sp³-hybridized carbons (Fsp3) is 0.680. The normalized spacial score (nSPS) is 19.1. The Labute approximate surface area is 217 Å². The van der Waals surface area contributed by atoms with Crippen molar-refractivity contribution in [3.05, 3.63) is 35.9 Å². The van der Waals surface area contributed by atoms with Crippen LogP contribution >= 0.6 is 24.0 Å². The van der Waals surface area contributed by atoms with Crippen LogP contribution in [0.15, 0.2) is 35.3 Å². The molecule has 33 heavy (non-hydrogen) atoms. The molecular formula is C25H43IN6O. The fourth-order valence-corrected chi connectivity index (χ4v) is 4.67. The first-order chi connectivity index (χ1) is 15.6. The smallest absolute Gasteiger partial charge is 0.220 e. The Bertz CT molecular complexity index is 700. The number of rotatable bonds is 10. The van der Waals surface area contributed by atoms with Crippen molar-refractivity contribution in [2.75, 3.05) is 45.8 Å². The van der Waals surface area contributed by atoms with Crippen molar-refractivity contribution >= 4 is 35.8 Å². The molecule has 1 amide bonds. The number of halogens is 1. The number of benzene rings is 1. The maximum atomic E-state index is 11.3. The maximum Gasteiger partial charge on any atom is 0.220 e. The monoisotopic (exact) mass is 570 g/mol. The van der Waals surface area contributed by atoms with Crippen LogP contribution in [-0.2, 0) is 11.3 Å². The zero-order valence-corrected chi connectivity index (χ0v) is 22.5. The van der Waals surface area contributed by atoms with E-state index in [1.807, 2.05) is 0 Å². The van der Waals surface area contributed by atoms with E-state index in [0.29, 0.717) is 6.04 Å². The van der Waals surface area contributed by atoms with Crippen molar-refractivity contribution < 1.29 is 4.79 Å². The van der Waals surface area contributed by atoms with Gasteiger partial charge in [0.1, 0.15) is 0 Å². The summed E-state index contributed by atoms with van der Waals surface area (Å²) < 4.78 is 0. The van der Waals surface area contributed by atoms with Crippen LogP contribution in [0.3, 0.4) is 0 Å². The van der Waals surface area contributed by atoms with Gasteiger partial charge in [0.25, 0.3) is 0 Å². The molecule has 2 saturated heterocycles. The van der Waals surface area contributed by atoms with E-state index in [0.717, 1.165) is 96.8 Å². The Morgan fingerprint density at radius 2 is 1.70 bits per heavy atom. The van der Waals surface area contributed by atoms with Crippen LogP contribution in [0, 0.1) is 5.92 Å². The van der Waals surface area contributed by atoms with E-state index >= 15 is 0 Å². The lowest BCUT2D eigenvalue weighted by Gasteiger charge is -2.33. The Hall–Kier alpha value is -1.39. The number of nitrogens with one attached hydrogen (secondary N) is 2. The summed E-state index contributed by atoms with van der Waals surface area (Å²) in [6.07, 6.45) is 6.35. The molecule has 8 heteroatoms. The lowest BCUT2D eigenvalue weighted by molar-refractivity contribution is -0.123. The van der Waals surface area contributed by atoms with Crippen LogP contribution in [0.25, 0.3) is 0 Å². The molecule has 3 rings (SSSR count). The van der Waals surface area contributed by atoms with E-state index in [-0.39, 0.29) is 35.8 Å². The fourth-order valence-electron chi connectivity index (χ4n) is 4.67. The highest BCUT2D eigenvalue weighted by Gasteiger charge is 2.22. The van der Waals surface area contributed by atoms with Gasteiger partial charge < -0.3 is 21.3 Å². The van der Waals surface area contributed by atoms with Gasteiger partial charge in [0.2, 0.25) is 5.91 Å². The van der Waals surface area contributed by atoms with Gasteiger partial charge in [-0.25, -0.2) is 0 Å². The second kappa shape index (κ2) is 15.5. The van der Waals surface area contributed by atoms with Crippen molar-refractivity contribution in [2.45, 2.75) is 58.0 Å². The number of piperidine rings is 2. The minimum atomic E-state index is -0.135. The molecule has 0 bridgehead atoms. The van der Waals surface area contributed by atoms with E-state index in [4.69, 9.17) is 10.7 Å². The van der Waals surface area contributed by atoms with Crippen LogP contribution in [0.2, 0.25) is 0 Å². The van der Waals surface area contributed by atoms with Crippen molar-refractivity contribution in [3.63, 3.8) is 0 Å². The zero-order valence-electron chi connectivity index (χ0n) is 20.2. The molecule has 0 spiro atoms. The Balaban J connectivity index is 0.00000385. The predicted molar refractivity (Wildman–Crippen MR) is 147 cm³/mol. The SMILES string of the molecule is CCNC(=NCCCCN1CCC(C(N)=O)CC1)NC1CCN(Cc2ccccc2)CC1.I. The summed E-state index contributed by atoms with van der Waals surface area (Å²) in [6.45, 7) is 10.2. The molecule has 0 unspecified atom stereocenters. The molecule has 1 aromatic rings. The summed E-state index contributed by atoms with van der Waals surface area (Å²) in [5, 5.41) is 7.06. The summed E-state index contributed by atoms with van der Waals surface area (Å²) in [5.74, 6) is 0.899. The number of nitrogens with two attached hydrogens (primary N) is 1. The molecular weight excluding hydrogens is 527 g/mol. The lowest BCUT2D eigenvalue weighted by Crippen LogP contribution is -2.48. The van der Waals surface area contributed by atoms with Crippen LogP contribution < -0.4 is 16.4 Å². The number of unbranched alkanes of at least 4 members (excludes halogenated alkanes) is 1. The Morgan fingerprint density at radius 1 is 1.03 bits per heavy atom. The Morgan fingerprint density at radius 3 is 2.33 bits per heavy atom. The number of nitrogens with zero attached hydrogens (tertiary/aromatic N) is 3. The number of aliphatic imine (C=N–C) groups is 1. The van der Waals surface area contributed by atoms with Gasteiger partial charge in [-0.3, -0.25) is 14.7 Å². The lowest BCUT2D eigenvalue weighted by atomic mass is 9.96. The standard InChI is InChI=1S/C25H42N6O.HI/c1-2-27-25(28-14-6-7-15-30-16-10-22(11-17-30)24(26)32)29-23-12-18-31(19-13-23)20-21-8-4-3-5-9-21;/h3-5,8-9,22-23H,2,6-7,10-20H2,1H3,(H2,26,32)(H2,27,28,29);1H. The number of primary amides is 1. The van der Waals surface area contributed by atoms with E-state index in [2.05, 4.69) is 57.7 Å². The molecule has 4 N–H and O–H groups in total. The molecule has 2 aliphatic rings. The Kier molecular flexibility index (Phi) is 13.1. The summed E-state index contributed by atoms with van der Waals surface area (Å²) in [6, 6.07) is 11.2. The van der Waals surface area contributed by atoms with Gasteiger partial charge in [-0.2, -0.15) is 0 Å². The third-order valence-corrected chi connectivity index (χ3v) is 6.66. The van der Waals surface area contributed by atoms with Crippen molar-refractivity contribution in [1.82, 2.24) is 20.4 Å².